The third-order valence-corrected chi connectivity index (χ3v) is 3.56. The van der Waals surface area contributed by atoms with Gasteiger partial charge in [-0.1, -0.05) is 12.1 Å². The van der Waals surface area contributed by atoms with E-state index in [0.717, 1.165) is 11.3 Å². The van der Waals surface area contributed by atoms with Gasteiger partial charge in [0.25, 0.3) is 5.78 Å². The van der Waals surface area contributed by atoms with Gasteiger partial charge < -0.3 is 20.2 Å². The number of methoxy groups -OCH3 is 1. The van der Waals surface area contributed by atoms with E-state index >= 15 is 0 Å². The Hall–Kier alpha value is -3.62. The van der Waals surface area contributed by atoms with E-state index < -0.39 is 0 Å². The Morgan fingerprint density at radius 3 is 2.92 bits per heavy atom. The fraction of sp³-hybridized carbons (Fsp3) is 0.125. The molecule has 1 aromatic carbocycles. The number of furan rings is 1. The highest BCUT2D eigenvalue weighted by molar-refractivity contribution is 5.52. The summed E-state index contributed by atoms with van der Waals surface area (Å²) in [6.45, 7) is 0.520. The maximum absolute atomic E-state index is 5.96. The molecule has 0 saturated heterocycles. The van der Waals surface area contributed by atoms with Crippen LogP contribution in [0.4, 0.5) is 11.9 Å². The topological polar surface area (TPSA) is 116 Å². The van der Waals surface area contributed by atoms with Gasteiger partial charge in [0.2, 0.25) is 17.7 Å². The lowest BCUT2D eigenvalue weighted by molar-refractivity contribution is 0.414. The van der Waals surface area contributed by atoms with E-state index in [-0.39, 0.29) is 5.95 Å². The zero-order valence-corrected chi connectivity index (χ0v) is 13.4. The standard InChI is InChI=1S/C16H15N7O2/c1-24-11-5-2-4-10(8-11)9-18-15-20-14(17)23-16(21-15)19-13(22-23)12-6-3-7-25-12/h2-8H,9H2,1H3,(H3,17,18,19,20,21,22). The normalized spacial score (nSPS) is 10.9. The smallest absolute Gasteiger partial charge is 0.259 e. The van der Waals surface area contributed by atoms with Gasteiger partial charge in [0.1, 0.15) is 5.75 Å². The Morgan fingerprint density at radius 2 is 2.12 bits per heavy atom. The number of nitrogens with one attached hydrogen (secondary N) is 1. The predicted molar refractivity (Wildman–Crippen MR) is 91.0 cm³/mol. The first-order valence-corrected chi connectivity index (χ1v) is 7.54. The Labute approximate surface area is 142 Å². The summed E-state index contributed by atoms with van der Waals surface area (Å²) in [7, 11) is 1.63. The minimum absolute atomic E-state index is 0.184. The first-order chi connectivity index (χ1) is 12.2. The van der Waals surface area contributed by atoms with Gasteiger partial charge in [-0.15, -0.1) is 5.10 Å². The molecule has 0 unspecified atom stereocenters. The van der Waals surface area contributed by atoms with Gasteiger partial charge in [0.05, 0.1) is 13.4 Å². The molecule has 3 aromatic heterocycles. The molecule has 9 heteroatoms. The molecule has 0 atom stereocenters. The molecule has 126 valence electrons. The Bertz CT molecular complexity index is 1010. The summed E-state index contributed by atoms with van der Waals surface area (Å²) in [6, 6.07) is 11.2. The molecule has 3 heterocycles. The summed E-state index contributed by atoms with van der Waals surface area (Å²) in [5, 5.41) is 7.38. The van der Waals surface area contributed by atoms with Gasteiger partial charge in [0, 0.05) is 6.54 Å². The van der Waals surface area contributed by atoms with Crippen LogP contribution >= 0.6 is 0 Å². The molecule has 0 saturated carbocycles. The van der Waals surface area contributed by atoms with Crippen molar-refractivity contribution in [3.8, 4) is 17.3 Å². The van der Waals surface area contributed by atoms with Crippen LogP contribution in [0, 0.1) is 0 Å². The monoisotopic (exact) mass is 337 g/mol. The zero-order chi connectivity index (χ0) is 17.2. The molecule has 9 nitrogen and oxygen atoms in total. The molecular weight excluding hydrogens is 322 g/mol. The summed E-state index contributed by atoms with van der Waals surface area (Å²) >= 11 is 0. The summed E-state index contributed by atoms with van der Waals surface area (Å²) in [5.41, 5.74) is 6.98. The van der Waals surface area contributed by atoms with E-state index in [9.17, 15) is 0 Å². The number of nitrogens with zero attached hydrogens (tertiary/aromatic N) is 5. The third-order valence-electron chi connectivity index (χ3n) is 3.56. The van der Waals surface area contributed by atoms with E-state index in [1.807, 2.05) is 24.3 Å². The number of hydrogen-bond acceptors (Lipinski definition) is 8. The van der Waals surface area contributed by atoms with Crippen molar-refractivity contribution in [3.05, 3.63) is 48.2 Å². The Kier molecular flexibility index (Phi) is 3.65. The number of aromatic nitrogens is 5. The average Bonchev–Trinajstić information content (AvgIpc) is 3.29. The highest BCUT2D eigenvalue weighted by Crippen LogP contribution is 2.18. The van der Waals surface area contributed by atoms with Crippen LogP contribution in [0.25, 0.3) is 17.4 Å². The fourth-order valence-electron chi connectivity index (χ4n) is 2.36. The van der Waals surface area contributed by atoms with Gasteiger partial charge in [-0.25, -0.2) is 0 Å². The molecule has 0 fully saturated rings. The number of anilines is 2. The molecule has 0 amide bonds. The highest BCUT2D eigenvalue weighted by Gasteiger charge is 2.13. The molecule has 4 aromatic rings. The summed E-state index contributed by atoms with van der Waals surface area (Å²) < 4.78 is 11.9. The SMILES string of the molecule is COc1cccc(CNc2nc(N)n3nc(-c4ccco4)nc3n2)c1. The molecular formula is C16H15N7O2. The number of benzene rings is 1. The van der Waals surface area contributed by atoms with Crippen molar-refractivity contribution in [2.75, 3.05) is 18.2 Å². The van der Waals surface area contributed by atoms with Gasteiger partial charge in [-0.3, -0.25) is 0 Å². The highest BCUT2D eigenvalue weighted by atomic mass is 16.5. The van der Waals surface area contributed by atoms with E-state index in [0.29, 0.717) is 29.9 Å². The average molecular weight is 337 g/mol. The van der Waals surface area contributed by atoms with Crippen molar-refractivity contribution in [3.63, 3.8) is 0 Å². The summed E-state index contributed by atoms with van der Waals surface area (Å²) in [5.74, 6) is 2.61. The molecule has 0 aliphatic carbocycles. The lowest BCUT2D eigenvalue weighted by Crippen LogP contribution is -2.09. The predicted octanol–water partition coefficient (Wildman–Crippen LogP) is 1.98. The largest absolute Gasteiger partial charge is 0.497 e. The van der Waals surface area contributed by atoms with E-state index in [1.165, 1.54) is 4.52 Å². The second-order valence-corrected chi connectivity index (χ2v) is 5.24. The number of hydrogen-bond donors (Lipinski definition) is 2. The van der Waals surface area contributed by atoms with Crippen molar-refractivity contribution in [1.29, 1.82) is 0 Å². The molecule has 25 heavy (non-hydrogen) atoms. The fourth-order valence-corrected chi connectivity index (χ4v) is 2.36. The van der Waals surface area contributed by atoms with E-state index in [1.54, 1.807) is 25.5 Å². The number of nitrogen functional groups attached to an aromatic ring is 1. The molecule has 0 aliphatic rings. The first kappa shape index (κ1) is 14.9. The minimum atomic E-state index is 0.184. The van der Waals surface area contributed by atoms with E-state index in [4.69, 9.17) is 14.9 Å². The van der Waals surface area contributed by atoms with Crippen LogP contribution < -0.4 is 15.8 Å². The third kappa shape index (κ3) is 2.94. The molecule has 4 rings (SSSR count). The molecule has 0 spiro atoms. The van der Waals surface area contributed by atoms with Crippen LogP contribution in [0.15, 0.2) is 47.1 Å². The van der Waals surface area contributed by atoms with Crippen LogP contribution in [0.3, 0.4) is 0 Å². The van der Waals surface area contributed by atoms with Gasteiger partial charge in [-0.05, 0) is 29.8 Å². The van der Waals surface area contributed by atoms with Crippen molar-refractivity contribution in [2.45, 2.75) is 6.54 Å². The molecule has 0 aliphatic heterocycles. The van der Waals surface area contributed by atoms with Crippen LogP contribution in [-0.2, 0) is 6.54 Å². The van der Waals surface area contributed by atoms with Gasteiger partial charge in [-0.2, -0.15) is 19.5 Å². The Balaban J connectivity index is 1.59. The Morgan fingerprint density at radius 1 is 1.20 bits per heavy atom. The van der Waals surface area contributed by atoms with Crippen LogP contribution in [0.5, 0.6) is 5.75 Å². The molecule has 0 radical (unpaired) electrons. The second-order valence-electron chi connectivity index (χ2n) is 5.24. The molecule has 0 bridgehead atoms. The molecule has 3 N–H and O–H groups in total. The van der Waals surface area contributed by atoms with Crippen molar-refractivity contribution >= 4 is 17.7 Å². The first-order valence-electron chi connectivity index (χ1n) is 7.54. The summed E-state index contributed by atoms with van der Waals surface area (Å²) in [4.78, 5) is 12.9. The maximum Gasteiger partial charge on any atom is 0.259 e. The second kappa shape index (κ2) is 6.11. The number of rotatable bonds is 5. The van der Waals surface area contributed by atoms with Crippen molar-refractivity contribution in [2.24, 2.45) is 0 Å². The van der Waals surface area contributed by atoms with Gasteiger partial charge in [0.15, 0.2) is 5.76 Å². The van der Waals surface area contributed by atoms with Crippen LogP contribution in [0.1, 0.15) is 5.56 Å². The lowest BCUT2D eigenvalue weighted by atomic mass is 10.2. The maximum atomic E-state index is 5.96. The quantitative estimate of drug-likeness (QED) is 0.568. The lowest BCUT2D eigenvalue weighted by Gasteiger charge is -2.07. The minimum Gasteiger partial charge on any atom is -0.497 e. The van der Waals surface area contributed by atoms with Crippen molar-refractivity contribution < 1.29 is 9.15 Å². The zero-order valence-electron chi connectivity index (χ0n) is 13.4. The number of ether oxygens (including phenoxy) is 1. The number of nitrogens with two attached hydrogens (primary N) is 1. The number of fused-ring (bicyclic) bond motifs is 1. The van der Waals surface area contributed by atoms with Gasteiger partial charge >= 0.3 is 0 Å². The van der Waals surface area contributed by atoms with Crippen molar-refractivity contribution in [1.82, 2.24) is 24.6 Å². The van der Waals surface area contributed by atoms with Crippen LogP contribution in [0.2, 0.25) is 0 Å². The summed E-state index contributed by atoms with van der Waals surface area (Å²) in [6.07, 6.45) is 1.55. The van der Waals surface area contributed by atoms with E-state index in [2.05, 4.69) is 25.4 Å². The van der Waals surface area contributed by atoms with Crippen LogP contribution in [-0.4, -0.2) is 31.7 Å².